The van der Waals surface area contributed by atoms with Gasteiger partial charge in [-0.05, 0) is 80.2 Å². The molecule has 1 heterocycles. The summed E-state index contributed by atoms with van der Waals surface area (Å²) in [5.41, 5.74) is 4.75. The number of hydrogen-bond donors (Lipinski definition) is 0. The van der Waals surface area contributed by atoms with Gasteiger partial charge in [0.05, 0.1) is 16.3 Å². The van der Waals surface area contributed by atoms with Gasteiger partial charge in [0, 0.05) is 16.1 Å². The second kappa shape index (κ2) is 11.3. The lowest BCUT2D eigenvalue weighted by atomic mass is 10.1. The number of amidine groups is 1. The van der Waals surface area contributed by atoms with E-state index in [2.05, 4.69) is 0 Å². The molecule has 4 aromatic carbocycles. The van der Waals surface area contributed by atoms with Gasteiger partial charge in [0.2, 0.25) is 0 Å². The number of halogens is 2. The molecule has 5 rings (SSSR count). The number of benzene rings is 4. The van der Waals surface area contributed by atoms with Crippen LogP contribution in [0.3, 0.4) is 0 Å². The largest absolute Gasteiger partial charge is 0.488 e. The van der Waals surface area contributed by atoms with E-state index in [0.29, 0.717) is 32.0 Å². The quantitative estimate of drug-likeness (QED) is 0.229. The lowest BCUT2D eigenvalue weighted by molar-refractivity contribution is -0.113. The maximum Gasteiger partial charge on any atom is 0.271 e. The Kier molecular flexibility index (Phi) is 7.63. The average Bonchev–Trinajstić information content (AvgIpc) is 3.20. The predicted molar refractivity (Wildman–Crippen MR) is 155 cm³/mol. The standard InChI is InChI=1S/C31H24ClFN2O2S/c1-20-7-12-25(13-8-20)34-31-35(26-14-9-21(2)10-15-26)30(36)29(38-31)18-23-17-24(32)11-16-28(23)37-19-22-5-3-4-6-27(22)33/h3-18H,19H2,1-2H3/b29-18-,34-31?. The summed E-state index contributed by atoms with van der Waals surface area (Å²) in [6, 6.07) is 27.2. The molecule has 0 atom stereocenters. The van der Waals surface area contributed by atoms with Crippen LogP contribution in [0.1, 0.15) is 22.3 Å². The van der Waals surface area contributed by atoms with Crippen LogP contribution in [0.4, 0.5) is 15.8 Å². The van der Waals surface area contributed by atoms with Crippen molar-refractivity contribution in [3.8, 4) is 5.75 Å². The number of nitrogens with zero attached hydrogens (tertiary/aromatic N) is 2. The van der Waals surface area contributed by atoms with Crippen molar-refractivity contribution in [1.82, 2.24) is 0 Å². The summed E-state index contributed by atoms with van der Waals surface area (Å²) in [5.74, 6) is -0.0531. The first-order valence-corrected chi connectivity index (χ1v) is 13.2. The Bertz CT molecular complexity index is 1550. The SMILES string of the molecule is Cc1ccc(N=C2S/C(=C\c3cc(Cl)ccc3OCc3ccccc3F)C(=O)N2c2ccc(C)cc2)cc1. The number of aliphatic imine (C=N–C) groups is 1. The first-order valence-electron chi connectivity index (χ1n) is 12.0. The van der Waals surface area contributed by atoms with Gasteiger partial charge >= 0.3 is 0 Å². The van der Waals surface area contributed by atoms with Crippen molar-refractivity contribution < 1.29 is 13.9 Å². The van der Waals surface area contributed by atoms with E-state index in [-0.39, 0.29) is 18.3 Å². The minimum absolute atomic E-state index is 0.0428. The molecule has 7 heteroatoms. The molecule has 0 aromatic heterocycles. The highest BCUT2D eigenvalue weighted by Gasteiger charge is 2.35. The van der Waals surface area contributed by atoms with Gasteiger partial charge in [0.15, 0.2) is 5.17 Å². The lowest BCUT2D eigenvalue weighted by Gasteiger charge is -2.16. The zero-order valence-corrected chi connectivity index (χ0v) is 22.4. The zero-order valence-electron chi connectivity index (χ0n) is 20.8. The smallest absolute Gasteiger partial charge is 0.271 e. The first kappa shape index (κ1) is 25.8. The Hall–Kier alpha value is -3.87. The fraction of sp³-hybridized carbons (Fsp3) is 0.0968. The van der Waals surface area contributed by atoms with Crippen LogP contribution < -0.4 is 9.64 Å². The van der Waals surface area contributed by atoms with Gasteiger partial charge in [-0.3, -0.25) is 9.69 Å². The summed E-state index contributed by atoms with van der Waals surface area (Å²) in [6.07, 6.45) is 1.74. The Morgan fingerprint density at radius 2 is 1.63 bits per heavy atom. The summed E-state index contributed by atoms with van der Waals surface area (Å²) in [4.78, 5) is 20.6. The summed E-state index contributed by atoms with van der Waals surface area (Å²) in [5, 5.41) is 1.04. The van der Waals surface area contributed by atoms with Crippen molar-refractivity contribution in [2.75, 3.05) is 4.90 Å². The number of ether oxygens (including phenoxy) is 1. The maximum atomic E-state index is 14.1. The molecule has 0 spiro atoms. The van der Waals surface area contributed by atoms with E-state index >= 15 is 0 Å². The summed E-state index contributed by atoms with van der Waals surface area (Å²) in [6.45, 7) is 4.06. The van der Waals surface area contributed by atoms with Gasteiger partial charge in [-0.15, -0.1) is 0 Å². The van der Waals surface area contributed by atoms with Gasteiger partial charge < -0.3 is 4.74 Å². The average molecular weight is 543 g/mol. The van der Waals surface area contributed by atoms with Gasteiger partial charge in [-0.2, -0.15) is 0 Å². The molecular weight excluding hydrogens is 519 g/mol. The second-order valence-corrected chi connectivity index (χ2v) is 10.3. The number of amides is 1. The monoisotopic (exact) mass is 542 g/mol. The third-order valence-corrected chi connectivity index (χ3v) is 7.16. The van der Waals surface area contributed by atoms with E-state index < -0.39 is 0 Å². The van der Waals surface area contributed by atoms with E-state index in [1.54, 1.807) is 47.4 Å². The molecule has 38 heavy (non-hydrogen) atoms. The maximum absolute atomic E-state index is 14.1. The third kappa shape index (κ3) is 5.82. The number of hydrogen-bond acceptors (Lipinski definition) is 4. The highest BCUT2D eigenvalue weighted by atomic mass is 35.5. The molecule has 1 fully saturated rings. The summed E-state index contributed by atoms with van der Waals surface area (Å²) >= 11 is 7.58. The third-order valence-electron chi connectivity index (χ3n) is 5.96. The van der Waals surface area contributed by atoms with Crippen LogP contribution in [0.5, 0.6) is 5.75 Å². The lowest BCUT2D eigenvalue weighted by Crippen LogP contribution is -2.28. The molecule has 1 aliphatic heterocycles. The van der Waals surface area contributed by atoms with E-state index in [4.69, 9.17) is 21.3 Å². The zero-order chi connectivity index (χ0) is 26.6. The van der Waals surface area contributed by atoms with Crippen molar-refractivity contribution >= 4 is 51.9 Å². The fourth-order valence-corrected chi connectivity index (χ4v) is 5.05. The number of rotatable bonds is 6. The highest BCUT2D eigenvalue weighted by Crippen LogP contribution is 2.39. The summed E-state index contributed by atoms with van der Waals surface area (Å²) < 4.78 is 20.1. The van der Waals surface area contributed by atoms with Crippen molar-refractivity contribution in [1.29, 1.82) is 0 Å². The highest BCUT2D eigenvalue weighted by molar-refractivity contribution is 8.19. The molecule has 190 valence electrons. The number of carbonyl (C=O) groups excluding carboxylic acids is 1. The Morgan fingerprint density at radius 3 is 2.34 bits per heavy atom. The molecule has 0 N–H and O–H groups in total. The van der Waals surface area contributed by atoms with Crippen molar-refractivity contribution in [2.45, 2.75) is 20.5 Å². The second-order valence-electron chi connectivity index (χ2n) is 8.88. The van der Waals surface area contributed by atoms with Crippen molar-refractivity contribution in [3.63, 3.8) is 0 Å². The van der Waals surface area contributed by atoms with Crippen molar-refractivity contribution in [2.24, 2.45) is 4.99 Å². The van der Waals surface area contributed by atoms with Gasteiger partial charge in [0.25, 0.3) is 5.91 Å². The topological polar surface area (TPSA) is 41.9 Å². The normalized spacial score (nSPS) is 15.5. The number of thioether (sulfide) groups is 1. The molecule has 0 bridgehead atoms. The van der Waals surface area contributed by atoms with Gasteiger partial charge in [-0.1, -0.05) is 65.2 Å². The molecule has 1 saturated heterocycles. The molecule has 4 nitrogen and oxygen atoms in total. The van der Waals surface area contributed by atoms with Crippen LogP contribution >= 0.6 is 23.4 Å². The molecule has 1 aliphatic rings. The van der Waals surface area contributed by atoms with Crippen LogP contribution in [-0.4, -0.2) is 11.1 Å². The molecule has 4 aromatic rings. The Morgan fingerprint density at radius 1 is 0.947 bits per heavy atom. The molecule has 0 saturated carbocycles. The molecular formula is C31H24ClFN2O2S. The van der Waals surface area contributed by atoms with E-state index in [9.17, 15) is 9.18 Å². The molecule has 0 radical (unpaired) electrons. The van der Waals surface area contributed by atoms with Crippen LogP contribution in [0.25, 0.3) is 6.08 Å². The van der Waals surface area contributed by atoms with Crippen LogP contribution in [-0.2, 0) is 11.4 Å². The minimum Gasteiger partial charge on any atom is -0.488 e. The minimum atomic E-state index is -0.339. The van der Waals surface area contributed by atoms with Crippen LogP contribution in [0.15, 0.2) is 101 Å². The van der Waals surface area contributed by atoms with Crippen LogP contribution in [0, 0.1) is 19.7 Å². The molecule has 1 amide bonds. The number of aryl methyl sites for hydroxylation is 2. The first-order chi connectivity index (χ1) is 18.4. The van der Waals surface area contributed by atoms with Crippen LogP contribution in [0.2, 0.25) is 5.02 Å². The molecule has 0 unspecified atom stereocenters. The summed E-state index contributed by atoms with van der Waals surface area (Å²) in [7, 11) is 0. The Labute approximate surface area is 230 Å². The van der Waals surface area contributed by atoms with Gasteiger partial charge in [0.1, 0.15) is 18.2 Å². The van der Waals surface area contributed by atoms with Crippen molar-refractivity contribution in [3.05, 3.63) is 129 Å². The fourth-order valence-electron chi connectivity index (χ4n) is 3.88. The molecule has 0 aliphatic carbocycles. The number of anilines is 1. The van der Waals surface area contributed by atoms with E-state index in [1.807, 2.05) is 62.4 Å². The number of carbonyl (C=O) groups is 1. The predicted octanol–water partition coefficient (Wildman–Crippen LogP) is 8.48. The van der Waals surface area contributed by atoms with Gasteiger partial charge in [-0.25, -0.2) is 9.38 Å². The van der Waals surface area contributed by atoms with E-state index in [0.717, 1.165) is 22.5 Å². The Balaban J connectivity index is 1.51. The van der Waals surface area contributed by atoms with E-state index in [1.165, 1.54) is 17.8 Å².